The van der Waals surface area contributed by atoms with Crippen molar-refractivity contribution in [2.24, 2.45) is 5.92 Å². The molecule has 0 aliphatic rings. The van der Waals surface area contributed by atoms with Crippen molar-refractivity contribution in [2.75, 3.05) is 0 Å². The number of hydrogen-bond donors (Lipinski definition) is 2. The van der Waals surface area contributed by atoms with Crippen molar-refractivity contribution in [2.45, 2.75) is 26.3 Å². The molecule has 2 unspecified atom stereocenters. The van der Waals surface area contributed by atoms with Crippen LogP contribution in [0.15, 0.2) is 22.8 Å². The van der Waals surface area contributed by atoms with Gasteiger partial charge in [-0.05, 0) is 34.0 Å². The monoisotopic (exact) mass is 314 g/mol. The number of pyridine rings is 1. The molecule has 0 aromatic carbocycles. The van der Waals surface area contributed by atoms with Gasteiger partial charge in [-0.15, -0.1) is 0 Å². The number of nitrogens with one attached hydrogen (secondary N) is 1. The van der Waals surface area contributed by atoms with Gasteiger partial charge in [-0.25, -0.2) is 9.78 Å². The molecule has 0 fully saturated rings. The van der Waals surface area contributed by atoms with Crippen molar-refractivity contribution in [3.05, 3.63) is 28.5 Å². The Morgan fingerprint density at radius 2 is 2.17 bits per heavy atom. The summed E-state index contributed by atoms with van der Waals surface area (Å²) in [5.74, 6) is -1.65. The first kappa shape index (κ1) is 14.6. The van der Waals surface area contributed by atoms with Crippen molar-refractivity contribution < 1.29 is 14.7 Å². The lowest BCUT2D eigenvalue weighted by molar-refractivity contribution is -0.140. The Hall–Kier alpha value is -1.43. The van der Waals surface area contributed by atoms with E-state index in [1.165, 1.54) is 12.3 Å². The van der Waals surface area contributed by atoms with E-state index in [1.807, 2.05) is 6.92 Å². The molecular formula is C12H15BrN2O3. The maximum absolute atomic E-state index is 11.8. The van der Waals surface area contributed by atoms with E-state index in [-0.39, 0.29) is 11.6 Å². The Morgan fingerprint density at radius 1 is 1.50 bits per heavy atom. The van der Waals surface area contributed by atoms with Crippen molar-refractivity contribution >= 4 is 27.8 Å². The molecule has 5 nitrogen and oxygen atoms in total. The Morgan fingerprint density at radius 3 is 2.61 bits per heavy atom. The third-order valence-corrected chi connectivity index (χ3v) is 3.19. The van der Waals surface area contributed by atoms with E-state index in [2.05, 4.69) is 26.2 Å². The van der Waals surface area contributed by atoms with Crippen LogP contribution in [0.4, 0.5) is 0 Å². The van der Waals surface area contributed by atoms with Gasteiger partial charge in [-0.3, -0.25) is 4.79 Å². The number of carbonyl (C=O) groups excluding carboxylic acids is 1. The average molecular weight is 315 g/mol. The van der Waals surface area contributed by atoms with Gasteiger partial charge in [-0.1, -0.05) is 20.3 Å². The Labute approximate surface area is 114 Å². The zero-order valence-electron chi connectivity index (χ0n) is 10.2. The van der Waals surface area contributed by atoms with Crippen LogP contribution < -0.4 is 5.32 Å². The molecule has 0 spiro atoms. The van der Waals surface area contributed by atoms with Gasteiger partial charge in [0, 0.05) is 10.7 Å². The molecule has 0 saturated carbocycles. The predicted molar refractivity (Wildman–Crippen MR) is 70.3 cm³/mol. The highest BCUT2D eigenvalue weighted by Gasteiger charge is 2.25. The van der Waals surface area contributed by atoms with Gasteiger partial charge < -0.3 is 10.4 Å². The fourth-order valence-corrected chi connectivity index (χ4v) is 1.64. The summed E-state index contributed by atoms with van der Waals surface area (Å²) < 4.78 is 0.760. The lowest BCUT2D eigenvalue weighted by Crippen LogP contribution is -2.45. The van der Waals surface area contributed by atoms with Gasteiger partial charge in [0.1, 0.15) is 11.7 Å². The first-order valence-electron chi connectivity index (χ1n) is 5.61. The Kier molecular flexibility index (Phi) is 5.27. The first-order chi connectivity index (χ1) is 8.45. The summed E-state index contributed by atoms with van der Waals surface area (Å²) in [6.45, 7) is 3.67. The number of carboxylic acids is 1. The standard InChI is InChI=1S/C12H15BrN2O3/c1-3-7(2)10(12(17)18)15-11(16)9-5-4-8(13)6-14-9/h4-7,10H,3H2,1-2H3,(H,15,16)(H,17,18). The second kappa shape index (κ2) is 6.49. The summed E-state index contributed by atoms with van der Waals surface area (Å²) in [5.41, 5.74) is 0.202. The smallest absolute Gasteiger partial charge is 0.326 e. The minimum Gasteiger partial charge on any atom is -0.480 e. The Balaban J connectivity index is 2.78. The van der Waals surface area contributed by atoms with Crippen LogP contribution in [-0.4, -0.2) is 28.0 Å². The molecule has 2 N–H and O–H groups in total. The zero-order chi connectivity index (χ0) is 13.7. The van der Waals surface area contributed by atoms with E-state index in [0.29, 0.717) is 6.42 Å². The van der Waals surface area contributed by atoms with E-state index in [1.54, 1.807) is 13.0 Å². The molecule has 18 heavy (non-hydrogen) atoms. The SMILES string of the molecule is CCC(C)C(NC(=O)c1ccc(Br)cn1)C(=O)O. The topological polar surface area (TPSA) is 79.3 Å². The summed E-state index contributed by atoms with van der Waals surface area (Å²) in [6.07, 6.45) is 2.17. The maximum atomic E-state index is 11.8. The molecule has 0 saturated heterocycles. The van der Waals surface area contributed by atoms with Crippen LogP contribution >= 0.6 is 15.9 Å². The number of carbonyl (C=O) groups is 2. The van der Waals surface area contributed by atoms with Gasteiger partial charge in [0.15, 0.2) is 0 Å². The second-order valence-corrected chi connectivity index (χ2v) is 4.95. The number of hydrogen-bond acceptors (Lipinski definition) is 3. The summed E-state index contributed by atoms with van der Waals surface area (Å²) >= 11 is 3.21. The molecule has 98 valence electrons. The normalized spacial score (nSPS) is 13.7. The van der Waals surface area contributed by atoms with Gasteiger partial charge in [-0.2, -0.15) is 0 Å². The Bertz CT molecular complexity index is 433. The van der Waals surface area contributed by atoms with Crippen molar-refractivity contribution in [1.29, 1.82) is 0 Å². The van der Waals surface area contributed by atoms with E-state index < -0.39 is 17.9 Å². The quantitative estimate of drug-likeness (QED) is 0.872. The number of nitrogens with zero attached hydrogens (tertiary/aromatic N) is 1. The van der Waals surface area contributed by atoms with Gasteiger partial charge in [0.2, 0.25) is 0 Å². The number of carboxylic acid groups (broad SMARTS) is 1. The highest BCUT2D eigenvalue weighted by atomic mass is 79.9. The van der Waals surface area contributed by atoms with Crippen molar-refractivity contribution in [3.8, 4) is 0 Å². The van der Waals surface area contributed by atoms with Gasteiger partial charge in [0.25, 0.3) is 5.91 Å². The molecule has 1 amide bonds. The molecule has 1 heterocycles. The van der Waals surface area contributed by atoms with Gasteiger partial charge >= 0.3 is 5.97 Å². The second-order valence-electron chi connectivity index (χ2n) is 4.04. The van der Waals surface area contributed by atoms with E-state index in [0.717, 1.165) is 4.47 Å². The highest BCUT2D eigenvalue weighted by Crippen LogP contribution is 2.10. The molecule has 2 atom stereocenters. The average Bonchev–Trinajstić information content (AvgIpc) is 2.35. The number of aromatic nitrogens is 1. The molecular weight excluding hydrogens is 300 g/mol. The molecule has 0 bridgehead atoms. The molecule has 0 radical (unpaired) electrons. The summed E-state index contributed by atoms with van der Waals surface area (Å²) in [6, 6.07) is 2.32. The largest absolute Gasteiger partial charge is 0.480 e. The van der Waals surface area contributed by atoms with Crippen LogP contribution in [0.5, 0.6) is 0 Å². The summed E-state index contributed by atoms with van der Waals surface area (Å²) in [7, 11) is 0. The number of rotatable bonds is 5. The summed E-state index contributed by atoms with van der Waals surface area (Å²) in [4.78, 5) is 26.8. The number of halogens is 1. The number of aliphatic carboxylic acids is 1. The van der Waals surface area contributed by atoms with E-state index in [4.69, 9.17) is 5.11 Å². The van der Waals surface area contributed by atoms with Crippen LogP contribution in [0.25, 0.3) is 0 Å². The molecule has 1 aromatic heterocycles. The third kappa shape index (κ3) is 3.80. The molecule has 6 heteroatoms. The lowest BCUT2D eigenvalue weighted by Gasteiger charge is -2.19. The minimum atomic E-state index is -1.03. The van der Waals surface area contributed by atoms with E-state index in [9.17, 15) is 9.59 Å². The fraction of sp³-hybridized carbons (Fsp3) is 0.417. The fourth-order valence-electron chi connectivity index (χ4n) is 1.41. The third-order valence-electron chi connectivity index (χ3n) is 2.73. The maximum Gasteiger partial charge on any atom is 0.326 e. The van der Waals surface area contributed by atoms with Crippen LogP contribution in [-0.2, 0) is 4.79 Å². The molecule has 1 aromatic rings. The molecule has 0 aliphatic heterocycles. The van der Waals surface area contributed by atoms with Crippen LogP contribution in [0.1, 0.15) is 30.8 Å². The molecule has 0 aliphatic carbocycles. The van der Waals surface area contributed by atoms with E-state index >= 15 is 0 Å². The van der Waals surface area contributed by atoms with Crippen molar-refractivity contribution in [1.82, 2.24) is 10.3 Å². The van der Waals surface area contributed by atoms with Crippen molar-refractivity contribution in [3.63, 3.8) is 0 Å². The van der Waals surface area contributed by atoms with Crippen LogP contribution in [0, 0.1) is 5.92 Å². The van der Waals surface area contributed by atoms with Crippen LogP contribution in [0.3, 0.4) is 0 Å². The van der Waals surface area contributed by atoms with Crippen LogP contribution in [0.2, 0.25) is 0 Å². The van der Waals surface area contributed by atoms with Gasteiger partial charge in [0.05, 0.1) is 0 Å². The number of amides is 1. The minimum absolute atomic E-state index is 0.137. The highest BCUT2D eigenvalue weighted by molar-refractivity contribution is 9.10. The lowest BCUT2D eigenvalue weighted by atomic mass is 9.99. The summed E-state index contributed by atoms with van der Waals surface area (Å²) in [5, 5.41) is 11.6. The predicted octanol–water partition coefficient (Wildman–Crippen LogP) is 2.07. The zero-order valence-corrected chi connectivity index (χ0v) is 11.8. The first-order valence-corrected chi connectivity index (χ1v) is 6.40. The molecule has 1 rings (SSSR count).